The van der Waals surface area contributed by atoms with Crippen LogP contribution in [0.25, 0.3) is 0 Å². The molecule has 0 amide bonds. The van der Waals surface area contributed by atoms with Gasteiger partial charge in [0, 0.05) is 17.2 Å². The molecule has 0 radical (unpaired) electrons. The highest BCUT2D eigenvalue weighted by Gasteiger charge is 2.19. The fraction of sp³-hybridized carbons (Fsp3) is 0.636. The Morgan fingerprint density at radius 1 is 1.41 bits per heavy atom. The van der Waals surface area contributed by atoms with Crippen molar-refractivity contribution in [2.75, 3.05) is 12.4 Å². The second-order valence-electron chi connectivity index (χ2n) is 4.75. The summed E-state index contributed by atoms with van der Waals surface area (Å²) in [5.41, 5.74) is -0.171. The predicted octanol–water partition coefficient (Wildman–Crippen LogP) is 1.87. The van der Waals surface area contributed by atoms with E-state index in [0.717, 1.165) is 0 Å². The second kappa shape index (κ2) is 6.00. The lowest BCUT2D eigenvalue weighted by molar-refractivity contribution is 0.113. The molecule has 1 atom stereocenters. The SMILES string of the molecule is CC(C)(C)c1nc(Cl)cc(SCC(O)CO)n1. The lowest BCUT2D eigenvalue weighted by Crippen LogP contribution is -2.17. The normalized spacial score (nSPS) is 13.8. The van der Waals surface area contributed by atoms with Crippen LogP contribution in [-0.2, 0) is 5.41 Å². The highest BCUT2D eigenvalue weighted by molar-refractivity contribution is 7.99. The quantitative estimate of drug-likeness (QED) is 0.649. The third-order valence-electron chi connectivity index (χ3n) is 1.98. The average Bonchev–Trinajstić information content (AvgIpc) is 2.24. The van der Waals surface area contributed by atoms with Crippen LogP contribution in [0.15, 0.2) is 11.1 Å². The molecule has 0 aromatic carbocycles. The average molecular weight is 277 g/mol. The van der Waals surface area contributed by atoms with Gasteiger partial charge in [0.05, 0.1) is 12.7 Å². The maximum absolute atomic E-state index is 9.27. The van der Waals surface area contributed by atoms with E-state index in [4.69, 9.17) is 16.7 Å². The molecular formula is C11H17ClN2O2S. The molecule has 1 rings (SSSR count). The molecule has 4 nitrogen and oxygen atoms in total. The fourth-order valence-electron chi connectivity index (χ4n) is 1.04. The summed E-state index contributed by atoms with van der Waals surface area (Å²) in [7, 11) is 0. The molecular weight excluding hydrogens is 260 g/mol. The number of rotatable bonds is 4. The number of aliphatic hydroxyl groups is 2. The topological polar surface area (TPSA) is 66.2 Å². The fourth-order valence-corrected chi connectivity index (χ4v) is 2.10. The molecule has 17 heavy (non-hydrogen) atoms. The van der Waals surface area contributed by atoms with E-state index in [-0.39, 0.29) is 12.0 Å². The molecule has 2 N–H and O–H groups in total. The Hall–Kier alpha value is -0.360. The van der Waals surface area contributed by atoms with Crippen molar-refractivity contribution in [1.82, 2.24) is 9.97 Å². The minimum absolute atomic E-state index is 0.171. The molecule has 1 aromatic rings. The van der Waals surface area contributed by atoms with Gasteiger partial charge in [-0.25, -0.2) is 9.97 Å². The van der Waals surface area contributed by atoms with Gasteiger partial charge < -0.3 is 10.2 Å². The molecule has 1 aromatic heterocycles. The molecule has 0 saturated carbocycles. The molecule has 0 aliphatic heterocycles. The van der Waals surface area contributed by atoms with Gasteiger partial charge in [-0.2, -0.15) is 0 Å². The zero-order chi connectivity index (χ0) is 13.1. The van der Waals surface area contributed by atoms with E-state index in [1.54, 1.807) is 6.07 Å². The van der Waals surface area contributed by atoms with Crippen molar-refractivity contribution >= 4 is 23.4 Å². The summed E-state index contributed by atoms with van der Waals surface area (Å²) in [6, 6.07) is 1.66. The maximum atomic E-state index is 9.27. The molecule has 0 bridgehead atoms. The zero-order valence-corrected chi connectivity index (χ0v) is 11.7. The van der Waals surface area contributed by atoms with Crippen LogP contribution in [0.2, 0.25) is 5.15 Å². The third-order valence-corrected chi connectivity index (χ3v) is 3.23. The number of nitrogens with zero attached hydrogens (tertiary/aromatic N) is 2. The molecule has 6 heteroatoms. The van der Waals surface area contributed by atoms with Gasteiger partial charge in [0.2, 0.25) is 0 Å². The number of aromatic nitrogens is 2. The molecule has 0 aliphatic carbocycles. The van der Waals surface area contributed by atoms with Crippen molar-refractivity contribution in [3.8, 4) is 0 Å². The van der Waals surface area contributed by atoms with E-state index < -0.39 is 6.10 Å². The Bertz CT molecular complexity index is 382. The first kappa shape index (κ1) is 14.7. The minimum Gasteiger partial charge on any atom is -0.394 e. The Morgan fingerprint density at radius 2 is 2.06 bits per heavy atom. The zero-order valence-electron chi connectivity index (χ0n) is 10.1. The lowest BCUT2D eigenvalue weighted by atomic mass is 9.96. The molecule has 96 valence electrons. The van der Waals surface area contributed by atoms with Gasteiger partial charge in [0.25, 0.3) is 0 Å². The molecule has 0 saturated heterocycles. The Balaban J connectivity index is 2.83. The van der Waals surface area contributed by atoms with Gasteiger partial charge >= 0.3 is 0 Å². The van der Waals surface area contributed by atoms with Crippen molar-refractivity contribution in [3.63, 3.8) is 0 Å². The number of thioether (sulfide) groups is 1. The Kier molecular flexibility index (Phi) is 5.19. The van der Waals surface area contributed by atoms with Crippen LogP contribution in [0.1, 0.15) is 26.6 Å². The minimum atomic E-state index is -0.744. The maximum Gasteiger partial charge on any atom is 0.136 e. The van der Waals surface area contributed by atoms with Gasteiger partial charge in [0.1, 0.15) is 16.0 Å². The summed E-state index contributed by atoms with van der Waals surface area (Å²) in [4.78, 5) is 8.57. The van der Waals surface area contributed by atoms with Crippen LogP contribution in [-0.4, -0.2) is 38.6 Å². The highest BCUT2D eigenvalue weighted by Crippen LogP contribution is 2.25. The van der Waals surface area contributed by atoms with Gasteiger partial charge in [-0.1, -0.05) is 32.4 Å². The number of aliphatic hydroxyl groups excluding tert-OH is 2. The molecule has 0 aliphatic rings. The smallest absolute Gasteiger partial charge is 0.136 e. The van der Waals surface area contributed by atoms with Crippen molar-refractivity contribution < 1.29 is 10.2 Å². The van der Waals surface area contributed by atoms with Crippen LogP contribution in [0, 0.1) is 0 Å². The highest BCUT2D eigenvalue weighted by atomic mass is 35.5. The molecule has 0 fully saturated rings. The molecule has 0 spiro atoms. The summed E-state index contributed by atoms with van der Waals surface area (Å²) in [6.07, 6.45) is -0.744. The largest absolute Gasteiger partial charge is 0.394 e. The van der Waals surface area contributed by atoms with Crippen molar-refractivity contribution in [2.24, 2.45) is 0 Å². The summed E-state index contributed by atoms with van der Waals surface area (Å²) < 4.78 is 0. The first-order valence-electron chi connectivity index (χ1n) is 5.29. The predicted molar refractivity (Wildman–Crippen MR) is 69.6 cm³/mol. The van der Waals surface area contributed by atoms with Crippen molar-refractivity contribution in [1.29, 1.82) is 0 Å². The van der Waals surface area contributed by atoms with E-state index in [1.807, 2.05) is 20.8 Å². The van der Waals surface area contributed by atoms with Crippen LogP contribution >= 0.6 is 23.4 Å². The number of hydrogen-bond donors (Lipinski definition) is 2. The number of hydrogen-bond acceptors (Lipinski definition) is 5. The Labute approximate surface area is 110 Å². The third kappa shape index (κ3) is 4.79. The van der Waals surface area contributed by atoms with E-state index >= 15 is 0 Å². The summed E-state index contributed by atoms with van der Waals surface area (Å²) >= 11 is 7.28. The van der Waals surface area contributed by atoms with Crippen LogP contribution in [0.4, 0.5) is 0 Å². The first-order chi connectivity index (χ1) is 7.82. The van der Waals surface area contributed by atoms with Crippen molar-refractivity contribution in [2.45, 2.75) is 37.3 Å². The summed E-state index contributed by atoms with van der Waals surface area (Å²) in [5, 5.41) is 19.1. The van der Waals surface area contributed by atoms with Crippen LogP contribution < -0.4 is 0 Å². The number of halogens is 1. The van der Waals surface area contributed by atoms with Gasteiger partial charge in [-0.05, 0) is 0 Å². The van der Waals surface area contributed by atoms with E-state index in [0.29, 0.717) is 21.8 Å². The molecule has 1 unspecified atom stereocenters. The van der Waals surface area contributed by atoms with E-state index in [1.165, 1.54) is 11.8 Å². The van der Waals surface area contributed by atoms with Gasteiger partial charge in [-0.15, -0.1) is 11.8 Å². The summed E-state index contributed by atoms with van der Waals surface area (Å²) in [6.45, 7) is 5.78. The molecule has 1 heterocycles. The second-order valence-corrected chi connectivity index (χ2v) is 6.18. The van der Waals surface area contributed by atoms with Crippen LogP contribution in [0.3, 0.4) is 0 Å². The van der Waals surface area contributed by atoms with Crippen LogP contribution in [0.5, 0.6) is 0 Å². The summed E-state index contributed by atoms with van der Waals surface area (Å²) in [5.74, 6) is 1.05. The monoisotopic (exact) mass is 276 g/mol. The lowest BCUT2D eigenvalue weighted by Gasteiger charge is -2.17. The Morgan fingerprint density at radius 3 is 2.59 bits per heavy atom. The van der Waals surface area contributed by atoms with Gasteiger partial charge in [0.15, 0.2) is 0 Å². The first-order valence-corrected chi connectivity index (χ1v) is 6.66. The van der Waals surface area contributed by atoms with E-state index in [2.05, 4.69) is 9.97 Å². The standard InChI is InChI=1S/C11H17ClN2O2S/c1-11(2,3)10-13-8(12)4-9(14-10)17-6-7(16)5-15/h4,7,15-16H,5-6H2,1-3H3. The van der Waals surface area contributed by atoms with Crippen molar-refractivity contribution in [3.05, 3.63) is 17.0 Å². The van der Waals surface area contributed by atoms with E-state index in [9.17, 15) is 5.11 Å². The van der Waals surface area contributed by atoms with Gasteiger partial charge in [-0.3, -0.25) is 0 Å².